The number of rotatable bonds is 22. The van der Waals surface area contributed by atoms with E-state index in [0.717, 1.165) is 62.5 Å². The highest BCUT2D eigenvalue weighted by molar-refractivity contribution is 6.03. The maximum atomic E-state index is 12.6. The summed E-state index contributed by atoms with van der Waals surface area (Å²) in [6.45, 7) is 20.1. The third-order valence-electron chi connectivity index (χ3n) is 9.65. The molecule has 3 unspecified atom stereocenters. The first-order valence-corrected chi connectivity index (χ1v) is 21.3. The van der Waals surface area contributed by atoms with E-state index in [1.807, 2.05) is 34.6 Å². The van der Waals surface area contributed by atoms with Crippen LogP contribution in [0.15, 0.2) is 66.7 Å². The molecular weight excluding hydrogens is 749 g/mol. The van der Waals surface area contributed by atoms with Crippen molar-refractivity contribution in [2.24, 2.45) is 17.6 Å². The van der Waals surface area contributed by atoms with Gasteiger partial charge in [0.25, 0.3) is 0 Å². The Bertz CT molecular complexity index is 1590. The second-order valence-corrected chi connectivity index (χ2v) is 16.3. The number of ether oxygens (including phenoxy) is 3. The predicted molar refractivity (Wildman–Crippen MR) is 236 cm³/mol. The van der Waals surface area contributed by atoms with Gasteiger partial charge in [0, 0.05) is 18.2 Å². The van der Waals surface area contributed by atoms with Crippen LogP contribution in [0.25, 0.3) is 0 Å². The van der Waals surface area contributed by atoms with Gasteiger partial charge >= 0.3 is 11.9 Å². The normalized spacial score (nSPS) is 12.5. The lowest BCUT2D eigenvalue weighted by Gasteiger charge is -2.20. The van der Waals surface area contributed by atoms with Gasteiger partial charge in [-0.3, -0.25) is 4.79 Å². The lowest BCUT2D eigenvalue weighted by molar-refractivity contribution is -0.117. The van der Waals surface area contributed by atoms with E-state index >= 15 is 0 Å². The Hall–Kier alpha value is -4.61. The third-order valence-corrected chi connectivity index (χ3v) is 9.65. The zero-order valence-electron chi connectivity index (χ0n) is 37.2. The number of phenolic OH excluding ortho intramolecular Hbond substituents is 2. The Balaban J connectivity index is 0.000000482. The van der Waals surface area contributed by atoms with Crippen molar-refractivity contribution in [3.8, 4) is 17.2 Å². The number of nitrogens with two attached hydrogens (primary N) is 1. The van der Waals surface area contributed by atoms with Crippen LogP contribution in [0.3, 0.4) is 0 Å². The summed E-state index contributed by atoms with van der Waals surface area (Å²) in [6, 6.07) is 18.8. The number of hydrogen-bond donors (Lipinski definition) is 5. The largest absolute Gasteiger partial charge is 0.508 e. The number of carbonyl (C=O) groups excluding carboxylic acids is 3. The van der Waals surface area contributed by atoms with Gasteiger partial charge in [0.15, 0.2) is 0 Å². The molecule has 3 aromatic carbocycles. The molecule has 0 saturated carbocycles. The zero-order valence-corrected chi connectivity index (χ0v) is 37.2. The van der Waals surface area contributed by atoms with E-state index in [9.17, 15) is 29.7 Å². The number of nitrogens with one attached hydrogen (secondary N) is 1. The minimum atomic E-state index is -0.548. The molecule has 0 radical (unpaired) electrons. The van der Waals surface area contributed by atoms with Crippen LogP contribution in [0.1, 0.15) is 146 Å². The fourth-order valence-electron chi connectivity index (χ4n) is 5.83. The SMILES string of the molecule is CC(C)(C)c1cc(O)ccc1O.CC(C)NCC(O)COc1ccc(CC(N)=O)cc1.CCCCC(CC)COC(=O)c1ccccc1C(=O)OCC(CC)CCCC. The summed E-state index contributed by atoms with van der Waals surface area (Å²) in [5, 5.41) is 31.5. The molecule has 0 heterocycles. The number of phenols is 2. The summed E-state index contributed by atoms with van der Waals surface area (Å²) in [5.74, 6) is 0.582. The van der Waals surface area contributed by atoms with Gasteiger partial charge in [0.2, 0.25) is 5.91 Å². The first kappa shape index (κ1) is 52.4. The summed E-state index contributed by atoms with van der Waals surface area (Å²) in [7, 11) is 0. The molecule has 0 aliphatic rings. The van der Waals surface area contributed by atoms with Crippen molar-refractivity contribution in [2.75, 3.05) is 26.4 Å². The molecule has 3 aromatic rings. The van der Waals surface area contributed by atoms with Gasteiger partial charge in [0.05, 0.1) is 30.8 Å². The molecule has 0 fully saturated rings. The number of unbranched alkanes of at least 4 members (excludes halogenated alkanes) is 2. The molecule has 1 amide bonds. The van der Waals surface area contributed by atoms with Gasteiger partial charge in [-0.2, -0.15) is 0 Å². The third kappa shape index (κ3) is 22.4. The number of aliphatic hydroxyl groups excluding tert-OH is 1. The van der Waals surface area contributed by atoms with Crippen molar-refractivity contribution in [2.45, 2.75) is 138 Å². The number of aromatic hydroxyl groups is 2. The molecule has 330 valence electrons. The summed E-state index contributed by atoms with van der Waals surface area (Å²) in [4.78, 5) is 35.9. The average Bonchev–Trinajstić information content (AvgIpc) is 3.20. The van der Waals surface area contributed by atoms with Crippen LogP contribution in [0.2, 0.25) is 0 Å². The summed E-state index contributed by atoms with van der Waals surface area (Å²) in [5.41, 5.74) is 7.17. The molecule has 0 saturated heterocycles. The van der Waals surface area contributed by atoms with Crippen molar-refractivity contribution in [3.05, 3.63) is 89.0 Å². The molecule has 0 bridgehead atoms. The highest BCUT2D eigenvalue weighted by Gasteiger charge is 2.21. The number of benzene rings is 3. The van der Waals surface area contributed by atoms with Gasteiger partial charge in [-0.15, -0.1) is 0 Å². The summed E-state index contributed by atoms with van der Waals surface area (Å²) in [6.07, 6.45) is 8.28. The van der Waals surface area contributed by atoms with Crippen LogP contribution in [0, 0.1) is 11.8 Å². The topological polar surface area (TPSA) is 178 Å². The highest BCUT2D eigenvalue weighted by atomic mass is 16.5. The number of amides is 1. The number of esters is 2. The fourth-order valence-corrected chi connectivity index (χ4v) is 5.83. The van der Waals surface area contributed by atoms with Crippen LogP contribution in [-0.4, -0.2) is 71.7 Å². The lowest BCUT2D eigenvalue weighted by atomic mass is 9.86. The van der Waals surface area contributed by atoms with Crippen LogP contribution >= 0.6 is 0 Å². The standard InChI is InChI=1S/C24H38O4.C14H22N2O3.C10H14O2/c1-5-9-13-19(7-3)17-27-23(25)21-15-11-12-16-22(21)24(26)28-18-20(8-4)14-10-6-2;1-10(2)16-8-12(17)9-19-13-5-3-11(4-6-13)7-14(15)18;1-10(2,3)8-6-7(11)4-5-9(8)12/h11-12,15-16,19-20H,5-10,13-14,17-18H2,1-4H3;3-6,10,12,16-17H,7-9H2,1-2H3,(H2,15,18);4-6,11-12H,1-3H3. The summed E-state index contributed by atoms with van der Waals surface area (Å²) >= 11 is 0. The molecular formula is C48H74N2O9. The van der Waals surface area contributed by atoms with Crippen molar-refractivity contribution >= 4 is 17.8 Å². The lowest BCUT2D eigenvalue weighted by Crippen LogP contribution is -2.35. The monoisotopic (exact) mass is 823 g/mol. The van der Waals surface area contributed by atoms with Crippen molar-refractivity contribution in [1.29, 1.82) is 0 Å². The van der Waals surface area contributed by atoms with E-state index in [4.69, 9.17) is 19.9 Å². The Morgan fingerprint density at radius 1 is 0.746 bits per heavy atom. The van der Waals surface area contributed by atoms with Gasteiger partial charge in [0.1, 0.15) is 30.0 Å². The minimum absolute atomic E-state index is 0.136. The predicted octanol–water partition coefficient (Wildman–Crippen LogP) is 9.28. The number of hydrogen-bond acceptors (Lipinski definition) is 10. The quantitative estimate of drug-likeness (QED) is 0.0485. The van der Waals surface area contributed by atoms with E-state index in [0.29, 0.717) is 54.5 Å². The summed E-state index contributed by atoms with van der Waals surface area (Å²) < 4.78 is 16.5. The van der Waals surface area contributed by atoms with Gasteiger partial charge in [-0.05, 0) is 78.1 Å². The Morgan fingerprint density at radius 3 is 1.66 bits per heavy atom. The number of primary amides is 1. The van der Waals surface area contributed by atoms with Crippen molar-refractivity contribution < 1.29 is 43.9 Å². The Labute approximate surface area is 354 Å². The van der Waals surface area contributed by atoms with Gasteiger partial charge in [-0.25, -0.2) is 9.59 Å². The maximum absolute atomic E-state index is 12.6. The van der Waals surface area contributed by atoms with Crippen molar-refractivity contribution in [1.82, 2.24) is 5.32 Å². The minimum Gasteiger partial charge on any atom is -0.508 e. The molecule has 0 aliphatic carbocycles. The first-order valence-electron chi connectivity index (χ1n) is 21.3. The molecule has 0 spiro atoms. The van der Waals surface area contributed by atoms with Crippen LogP contribution < -0.4 is 15.8 Å². The van der Waals surface area contributed by atoms with E-state index in [1.165, 1.54) is 12.1 Å². The maximum Gasteiger partial charge on any atom is 0.339 e. The van der Waals surface area contributed by atoms with Gasteiger partial charge < -0.3 is 40.6 Å². The molecule has 3 rings (SSSR count). The van der Waals surface area contributed by atoms with Crippen LogP contribution in [0.5, 0.6) is 17.2 Å². The smallest absolute Gasteiger partial charge is 0.339 e. The fraction of sp³-hybridized carbons (Fsp3) is 0.562. The number of aliphatic hydroxyl groups is 1. The molecule has 0 aromatic heterocycles. The highest BCUT2D eigenvalue weighted by Crippen LogP contribution is 2.32. The molecule has 59 heavy (non-hydrogen) atoms. The van der Waals surface area contributed by atoms with Crippen LogP contribution in [-0.2, 0) is 26.1 Å². The molecule has 11 heteroatoms. The molecule has 6 N–H and O–H groups in total. The molecule has 0 aliphatic heterocycles. The zero-order chi connectivity index (χ0) is 44.4. The van der Waals surface area contributed by atoms with E-state index in [2.05, 4.69) is 33.0 Å². The number of carbonyl (C=O) groups is 3. The van der Waals surface area contributed by atoms with Crippen molar-refractivity contribution in [3.63, 3.8) is 0 Å². The van der Waals surface area contributed by atoms with E-state index in [-0.39, 0.29) is 35.8 Å². The van der Waals surface area contributed by atoms with Gasteiger partial charge in [-0.1, -0.05) is 125 Å². The molecule has 3 atom stereocenters. The molecule has 11 nitrogen and oxygen atoms in total. The first-order chi connectivity index (χ1) is 27.9. The second kappa shape index (κ2) is 28.8. The van der Waals surface area contributed by atoms with E-state index in [1.54, 1.807) is 54.6 Å². The Kier molecular flexibility index (Phi) is 25.5. The second-order valence-electron chi connectivity index (χ2n) is 16.3. The van der Waals surface area contributed by atoms with Crippen LogP contribution in [0.4, 0.5) is 0 Å². The van der Waals surface area contributed by atoms with E-state index < -0.39 is 18.0 Å². The Morgan fingerprint density at radius 2 is 1.25 bits per heavy atom. The average molecular weight is 823 g/mol.